The first-order valence-corrected chi connectivity index (χ1v) is 22.7. The van der Waals surface area contributed by atoms with Crippen molar-refractivity contribution in [1.29, 1.82) is 0 Å². The zero-order chi connectivity index (χ0) is 44.9. The van der Waals surface area contributed by atoms with Crippen LogP contribution >= 0.6 is 23.2 Å². The number of nitrogens with zero attached hydrogens (tertiary/aromatic N) is 1. The van der Waals surface area contributed by atoms with Gasteiger partial charge in [0.2, 0.25) is 23.6 Å². The number of carbonyl (C=O) groups excluding carboxylic acids is 7. The number of hydrogen-bond donors (Lipinski definition) is 4. The van der Waals surface area contributed by atoms with Crippen molar-refractivity contribution in [1.82, 2.24) is 15.5 Å². The Balaban J connectivity index is 0.841. The molecule has 2 spiro atoms. The standard InChI is InChI=1S/C49H46Cl2FN5O7/c50-29-18-21-33-35(26-29)54-47(64)49(33)40(32-13-9-14-34(51)41(32)52)42(56-48(49)24-6-3-7-25-48)44(61)53-30-19-16-27(17-20-30)37(58)15-5-2-1-4-10-28-11-8-12-31-39(28)46(63)57(45(31)62)36-22-23-38(59)55-43(36)60/h8-9,11-14,16-21,26,36,40,42,56H,1-7,10,15,22-25H2,(H,53,61)(H,54,64)(H,55,59,60)/t36?,40-,42+,49+/m0/s1. The summed E-state index contributed by atoms with van der Waals surface area (Å²) < 4.78 is 16.3. The maximum absolute atomic E-state index is 16.3. The fourth-order valence-corrected chi connectivity index (χ4v) is 11.4. The van der Waals surface area contributed by atoms with Crippen molar-refractivity contribution in [3.63, 3.8) is 0 Å². The number of benzene rings is 4. The Morgan fingerprint density at radius 2 is 1.58 bits per heavy atom. The number of carbonyl (C=O) groups is 7. The van der Waals surface area contributed by atoms with Gasteiger partial charge in [0.15, 0.2) is 5.78 Å². The lowest BCUT2D eigenvalue weighted by Crippen LogP contribution is -2.60. The van der Waals surface area contributed by atoms with Crippen molar-refractivity contribution in [3.8, 4) is 0 Å². The minimum Gasteiger partial charge on any atom is -0.325 e. The van der Waals surface area contributed by atoms with Crippen LogP contribution in [0.25, 0.3) is 0 Å². The summed E-state index contributed by atoms with van der Waals surface area (Å²) in [7, 11) is 0. The number of fused-ring (bicyclic) bond motifs is 4. The number of piperidine rings is 1. The molecule has 1 aliphatic carbocycles. The summed E-state index contributed by atoms with van der Waals surface area (Å²) >= 11 is 12.8. The zero-order valence-electron chi connectivity index (χ0n) is 34.9. The van der Waals surface area contributed by atoms with Gasteiger partial charge in [-0.1, -0.05) is 85.6 Å². The van der Waals surface area contributed by atoms with Crippen LogP contribution in [0.5, 0.6) is 0 Å². The van der Waals surface area contributed by atoms with Gasteiger partial charge < -0.3 is 10.6 Å². The molecule has 0 aromatic heterocycles. The SMILES string of the molecule is O=C1CCC(N2C(=O)c3cccc(CCCCCCC(=O)c4ccc(NC(=O)[C@@H]5NC6(CCCCC6)[C@@]6(C(=O)Nc7cc(Cl)ccc76)[C@H]5c5cccc(Cl)c5F)cc4)c3C2=O)C(=O)N1. The van der Waals surface area contributed by atoms with Crippen molar-refractivity contribution in [3.05, 3.63) is 128 Å². The largest absolute Gasteiger partial charge is 0.325 e. The molecular formula is C49H46Cl2FN5O7. The van der Waals surface area contributed by atoms with E-state index in [0.29, 0.717) is 71.6 Å². The molecule has 330 valence electrons. The summed E-state index contributed by atoms with van der Waals surface area (Å²) in [6, 6.07) is 19.6. The van der Waals surface area contributed by atoms with Gasteiger partial charge in [0.25, 0.3) is 11.8 Å². The lowest BCUT2D eigenvalue weighted by molar-refractivity contribution is -0.136. The molecule has 4 heterocycles. The second-order valence-electron chi connectivity index (χ2n) is 17.5. The van der Waals surface area contributed by atoms with Gasteiger partial charge in [0, 0.05) is 46.3 Å². The smallest absolute Gasteiger partial charge is 0.262 e. The molecule has 12 nitrogen and oxygen atoms in total. The van der Waals surface area contributed by atoms with E-state index in [-0.39, 0.29) is 40.7 Å². The molecule has 0 radical (unpaired) electrons. The van der Waals surface area contributed by atoms with E-state index in [1.165, 1.54) is 6.07 Å². The van der Waals surface area contributed by atoms with Gasteiger partial charge in [0.05, 0.1) is 22.2 Å². The van der Waals surface area contributed by atoms with Gasteiger partial charge in [-0.2, -0.15) is 0 Å². The molecule has 0 bridgehead atoms. The number of anilines is 2. The van der Waals surface area contributed by atoms with Crippen LogP contribution in [0.4, 0.5) is 15.8 Å². The molecule has 4 aliphatic heterocycles. The van der Waals surface area contributed by atoms with Crippen LogP contribution in [0.15, 0.2) is 78.9 Å². The van der Waals surface area contributed by atoms with Crippen LogP contribution in [0, 0.1) is 5.82 Å². The molecule has 5 aliphatic rings. The van der Waals surface area contributed by atoms with Crippen LogP contribution in [0.2, 0.25) is 10.0 Å². The number of halogens is 3. The molecule has 4 aromatic rings. The van der Waals surface area contributed by atoms with E-state index in [9.17, 15) is 33.6 Å². The van der Waals surface area contributed by atoms with E-state index in [0.717, 1.165) is 42.6 Å². The molecule has 2 saturated heterocycles. The molecule has 15 heteroatoms. The normalized spacial score (nSPS) is 23.3. The van der Waals surface area contributed by atoms with Crippen LogP contribution in [0.1, 0.15) is 131 Å². The number of hydrogen-bond acceptors (Lipinski definition) is 8. The Morgan fingerprint density at radius 3 is 2.34 bits per heavy atom. The van der Waals surface area contributed by atoms with Crippen LogP contribution in [-0.4, -0.2) is 63.7 Å². The molecule has 1 saturated carbocycles. The lowest BCUT2D eigenvalue weighted by atomic mass is 9.55. The third-order valence-corrected chi connectivity index (χ3v) is 14.5. The molecule has 1 unspecified atom stereocenters. The van der Waals surface area contributed by atoms with E-state index >= 15 is 4.39 Å². The highest BCUT2D eigenvalue weighted by Gasteiger charge is 2.72. The number of Topliss-reactive ketones (excluding diaryl/α,β-unsaturated/α-hetero) is 1. The number of aryl methyl sites for hydroxylation is 1. The molecule has 4 N–H and O–H groups in total. The lowest BCUT2D eigenvalue weighted by Gasteiger charge is -2.47. The first-order valence-electron chi connectivity index (χ1n) is 22.0. The summed E-state index contributed by atoms with van der Waals surface area (Å²) in [6.07, 6.45) is 7.64. The molecule has 6 amide bonds. The predicted octanol–water partition coefficient (Wildman–Crippen LogP) is 8.20. The van der Waals surface area contributed by atoms with E-state index in [1.54, 1.807) is 60.7 Å². The van der Waals surface area contributed by atoms with Gasteiger partial charge in [0.1, 0.15) is 17.3 Å². The molecule has 64 heavy (non-hydrogen) atoms. The Morgan fingerprint density at radius 1 is 0.828 bits per heavy atom. The maximum atomic E-state index is 16.3. The number of nitrogens with one attached hydrogen (secondary N) is 4. The summed E-state index contributed by atoms with van der Waals surface area (Å²) in [4.78, 5) is 94.1. The number of ketones is 1. The molecule has 9 rings (SSSR count). The van der Waals surface area contributed by atoms with E-state index in [2.05, 4.69) is 21.3 Å². The summed E-state index contributed by atoms with van der Waals surface area (Å²) in [5, 5.41) is 12.2. The highest BCUT2D eigenvalue weighted by molar-refractivity contribution is 6.31. The van der Waals surface area contributed by atoms with Crippen LogP contribution in [0.3, 0.4) is 0 Å². The Kier molecular flexibility index (Phi) is 11.8. The minimum absolute atomic E-state index is 0.0510. The predicted molar refractivity (Wildman–Crippen MR) is 238 cm³/mol. The van der Waals surface area contributed by atoms with Gasteiger partial charge >= 0.3 is 0 Å². The number of imide groups is 2. The van der Waals surface area contributed by atoms with Gasteiger partial charge in [-0.15, -0.1) is 0 Å². The summed E-state index contributed by atoms with van der Waals surface area (Å²) in [5.41, 5.74) is 1.31. The maximum Gasteiger partial charge on any atom is 0.262 e. The molecule has 4 atom stereocenters. The fourth-order valence-electron chi connectivity index (χ4n) is 11.1. The highest BCUT2D eigenvalue weighted by Crippen LogP contribution is 2.63. The van der Waals surface area contributed by atoms with Crippen molar-refractivity contribution in [2.75, 3.05) is 10.6 Å². The second kappa shape index (κ2) is 17.3. The minimum atomic E-state index is -1.36. The zero-order valence-corrected chi connectivity index (χ0v) is 36.4. The third kappa shape index (κ3) is 7.31. The third-order valence-electron chi connectivity index (χ3n) is 13.9. The van der Waals surface area contributed by atoms with Gasteiger partial charge in [-0.25, -0.2) is 4.39 Å². The van der Waals surface area contributed by atoms with Crippen LogP contribution < -0.4 is 21.3 Å². The average molecular weight is 907 g/mol. The number of rotatable bonds is 12. The Bertz CT molecular complexity index is 2630. The quantitative estimate of drug-likeness (QED) is 0.0627. The van der Waals surface area contributed by atoms with E-state index < -0.39 is 64.3 Å². The number of unbranched alkanes of at least 4 members (excludes halogenated alkanes) is 3. The number of amides is 6. The Hall–Kier alpha value is -5.76. The fraction of sp³-hybridized carbons (Fsp3) is 0.367. The second-order valence-corrected chi connectivity index (χ2v) is 18.4. The van der Waals surface area contributed by atoms with Crippen LogP contribution in [-0.2, 0) is 31.0 Å². The monoisotopic (exact) mass is 905 g/mol. The van der Waals surface area contributed by atoms with Crippen molar-refractivity contribution in [2.24, 2.45) is 0 Å². The topological polar surface area (TPSA) is 171 Å². The van der Waals surface area contributed by atoms with E-state index in [1.807, 2.05) is 12.1 Å². The summed E-state index contributed by atoms with van der Waals surface area (Å²) in [5.74, 6) is -4.64. The Labute approximate surface area is 379 Å². The van der Waals surface area contributed by atoms with Gasteiger partial charge in [-0.3, -0.25) is 49.1 Å². The van der Waals surface area contributed by atoms with Crippen molar-refractivity contribution < 1.29 is 38.0 Å². The molecular weight excluding hydrogens is 860 g/mol. The van der Waals surface area contributed by atoms with Crippen molar-refractivity contribution in [2.45, 2.75) is 112 Å². The van der Waals surface area contributed by atoms with Crippen molar-refractivity contribution >= 4 is 75.8 Å². The van der Waals surface area contributed by atoms with E-state index in [4.69, 9.17) is 23.2 Å². The molecule has 4 aromatic carbocycles. The first-order chi connectivity index (χ1) is 30.8. The first kappa shape index (κ1) is 43.5. The molecule has 3 fully saturated rings. The van der Waals surface area contributed by atoms with Gasteiger partial charge in [-0.05, 0) is 104 Å². The summed E-state index contributed by atoms with van der Waals surface area (Å²) in [6.45, 7) is 0. The highest BCUT2D eigenvalue weighted by atomic mass is 35.5. The average Bonchev–Trinajstić information content (AvgIpc) is 3.84.